The first-order valence-corrected chi connectivity index (χ1v) is 18.7. The Morgan fingerprint density at radius 1 is 1.00 bits per heavy atom. The molecule has 2 aliphatic heterocycles. The summed E-state index contributed by atoms with van der Waals surface area (Å²) < 4.78 is 42.3. The van der Waals surface area contributed by atoms with Crippen LogP contribution in [0.5, 0.6) is 5.75 Å². The van der Waals surface area contributed by atoms with Crippen molar-refractivity contribution in [3.05, 3.63) is 75.0 Å². The zero-order valence-corrected chi connectivity index (χ0v) is 30.2. The molecular weight excluding hydrogens is 674 g/mol. The van der Waals surface area contributed by atoms with Crippen LogP contribution in [-0.2, 0) is 35.6 Å². The fourth-order valence-electron chi connectivity index (χ4n) is 6.72. The standard InChI is InChI=1S/C38H50F2N6O6/c1-3-4-5-6-10-13-19-45-23-29(42-43-45)14-11-8-7-9-12-15-33(47)52-36-34-38(50)46-26(2)18-20-51-32(46)25-44(34)24-30(35(36)48)37(49)41-22-27-16-17-28(39)21-31(27)40/h16-17,21,23-24,26,32H,3-15,18-20,22,25H2,1-2H3,(H,41,49)/t26-,32+/m0/s1. The number of fused-ring (bicyclic) bond motifs is 2. The van der Waals surface area contributed by atoms with E-state index in [0.717, 1.165) is 56.8 Å². The van der Waals surface area contributed by atoms with Crippen molar-refractivity contribution in [1.29, 1.82) is 0 Å². The minimum Gasteiger partial charge on any atom is -0.420 e. The van der Waals surface area contributed by atoms with E-state index < -0.39 is 46.8 Å². The molecule has 3 aromatic rings. The fourth-order valence-corrected chi connectivity index (χ4v) is 6.72. The third kappa shape index (κ3) is 10.1. The molecule has 12 nitrogen and oxygen atoms in total. The monoisotopic (exact) mass is 724 g/mol. The molecule has 1 aromatic carbocycles. The van der Waals surface area contributed by atoms with Crippen molar-refractivity contribution < 1.29 is 32.6 Å². The van der Waals surface area contributed by atoms with Crippen LogP contribution in [-0.4, -0.2) is 61.1 Å². The van der Waals surface area contributed by atoms with Gasteiger partial charge in [-0.15, -0.1) is 5.10 Å². The summed E-state index contributed by atoms with van der Waals surface area (Å²) in [7, 11) is 0. The second-order valence-electron chi connectivity index (χ2n) is 13.8. The van der Waals surface area contributed by atoms with Gasteiger partial charge in [0.2, 0.25) is 11.2 Å². The number of benzene rings is 1. The number of nitrogens with one attached hydrogen (secondary N) is 1. The first kappa shape index (κ1) is 38.8. The van der Waals surface area contributed by atoms with Crippen molar-refractivity contribution in [2.75, 3.05) is 6.61 Å². The van der Waals surface area contributed by atoms with Crippen molar-refractivity contribution in [2.45, 2.75) is 136 Å². The summed E-state index contributed by atoms with van der Waals surface area (Å²) in [6.07, 6.45) is 15.6. The van der Waals surface area contributed by atoms with Crippen LogP contribution in [0.25, 0.3) is 0 Å². The van der Waals surface area contributed by atoms with Crippen LogP contribution < -0.4 is 15.5 Å². The maximum atomic E-state index is 14.2. The Labute approximate surface area is 302 Å². The quantitative estimate of drug-likeness (QED) is 0.116. The van der Waals surface area contributed by atoms with Crippen molar-refractivity contribution in [3.63, 3.8) is 0 Å². The van der Waals surface area contributed by atoms with Gasteiger partial charge in [0.1, 0.15) is 17.2 Å². The second-order valence-corrected chi connectivity index (χ2v) is 13.8. The van der Waals surface area contributed by atoms with Gasteiger partial charge in [-0.05, 0) is 45.1 Å². The van der Waals surface area contributed by atoms with Gasteiger partial charge in [0.15, 0.2) is 11.9 Å². The number of amides is 2. The van der Waals surface area contributed by atoms with E-state index >= 15 is 0 Å². The average molecular weight is 725 g/mol. The highest BCUT2D eigenvalue weighted by Crippen LogP contribution is 2.30. The van der Waals surface area contributed by atoms with E-state index in [1.807, 2.05) is 17.8 Å². The number of unbranched alkanes of at least 4 members (excludes halogenated alkanes) is 9. The first-order valence-electron chi connectivity index (χ1n) is 18.7. The maximum absolute atomic E-state index is 14.2. The smallest absolute Gasteiger partial charge is 0.311 e. The van der Waals surface area contributed by atoms with Gasteiger partial charge in [-0.3, -0.25) is 23.9 Å². The Kier molecular flexibility index (Phi) is 14.1. The second kappa shape index (κ2) is 18.9. The highest BCUT2D eigenvalue weighted by molar-refractivity contribution is 6.00. The summed E-state index contributed by atoms with van der Waals surface area (Å²) in [5.74, 6) is -4.22. The molecule has 0 unspecified atom stereocenters. The summed E-state index contributed by atoms with van der Waals surface area (Å²) in [5, 5.41) is 11.0. The van der Waals surface area contributed by atoms with Crippen LogP contribution in [0, 0.1) is 11.6 Å². The Bertz CT molecular complexity index is 1760. The van der Waals surface area contributed by atoms with Crippen LogP contribution in [0.3, 0.4) is 0 Å². The molecule has 1 fully saturated rings. The van der Waals surface area contributed by atoms with Crippen molar-refractivity contribution in [3.8, 4) is 5.75 Å². The molecule has 0 aliphatic carbocycles. The normalized spacial score (nSPS) is 16.8. The summed E-state index contributed by atoms with van der Waals surface area (Å²) in [4.78, 5) is 55.3. The van der Waals surface area contributed by atoms with Gasteiger partial charge in [-0.1, -0.05) is 69.6 Å². The predicted octanol–water partition coefficient (Wildman–Crippen LogP) is 6.09. The summed E-state index contributed by atoms with van der Waals surface area (Å²) in [6, 6.07) is 2.77. The van der Waals surface area contributed by atoms with Gasteiger partial charge in [0.05, 0.1) is 18.8 Å². The molecule has 0 bridgehead atoms. The Morgan fingerprint density at radius 2 is 1.75 bits per heavy atom. The van der Waals surface area contributed by atoms with Crippen LogP contribution in [0.2, 0.25) is 0 Å². The maximum Gasteiger partial charge on any atom is 0.311 e. The molecule has 0 radical (unpaired) electrons. The van der Waals surface area contributed by atoms with E-state index in [9.17, 15) is 28.0 Å². The topological polar surface area (TPSA) is 138 Å². The number of aryl methyl sites for hydroxylation is 2. The van der Waals surface area contributed by atoms with Gasteiger partial charge in [-0.2, -0.15) is 0 Å². The number of nitrogens with zero attached hydrogens (tertiary/aromatic N) is 5. The molecule has 2 aliphatic rings. The molecule has 2 atom stereocenters. The molecule has 0 saturated carbocycles. The van der Waals surface area contributed by atoms with Crippen LogP contribution in [0.4, 0.5) is 8.78 Å². The van der Waals surface area contributed by atoms with Crippen molar-refractivity contribution in [1.82, 2.24) is 29.8 Å². The molecule has 2 aromatic heterocycles. The molecule has 282 valence electrons. The predicted molar refractivity (Wildman–Crippen MR) is 189 cm³/mol. The van der Waals surface area contributed by atoms with Gasteiger partial charge >= 0.3 is 5.97 Å². The molecule has 52 heavy (non-hydrogen) atoms. The van der Waals surface area contributed by atoms with E-state index in [1.165, 1.54) is 53.8 Å². The number of rotatable bonds is 19. The average Bonchev–Trinajstić information content (AvgIpc) is 3.57. The summed E-state index contributed by atoms with van der Waals surface area (Å²) in [6.45, 7) is 5.21. The van der Waals surface area contributed by atoms with E-state index in [4.69, 9.17) is 9.47 Å². The highest BCUT2D eigenvalue weighted by atomic mass is 19.1. The van der Waals surface area contributed by atoms with Gasteiger partial charge in [-0.25, -0.2) is 8.78 Å². The van der Waals surface area contributed by atoms with E-state index in [1.54, 1.807) is 0 Å². The number of carbonyl (C=O) groups is 3. The number of aromatic nitrogens is 4. The zero-order valence-electron chi connectivity index (χ0n) is 30.2. The molecule has 2 amide bonds. The van der Waals surface area contributed by atoms with Crippen LogP contribution in [0.15, 0.2) is 35.4 Å². The number of pyridine rings is 1. The van der Waals surface area contributed by atoms with Crippen LogP contribution >= 0.6 is 0 Å². The fraction of sp³-hybridized carbons (Fsp3) is 0.579. The lowest BCUT2D eigenvalue weighted by atomic mass is 10.1. The number of ether oxygens (including phenoxy) is 2. The molecule has 4 heterocycles. The zero-order chi connectivity index (χ0) is 37.0. The number of halogens is 2. The highest BCUT2D eigenvalue weighted by Gasteiger charge is 2.42. The number of hydrogen-bond acceptors (Lipinski definition) is 8. The van der Waals surface area contributed by atoms with Gasteiger partial charge in [0, 0.05) is 49.6 Å². The minimum absolute atomic E-state index is 0.0152. The SMILES string of the molecule is CCCCCCCCn1cc(CCCCCCCC(=O)Oc2c3n(cc(C(=O)NCc4ccc(F)cc4F)c2=O)C[C@H]2OCC[C@H](C)N2C3=O)nn1. The number of esters is 1. The van der Waals surface area contributed by atoms with E-state index in [2.05, 4.69) is 22.6 Å². The van der Waals surface area contributed by atoms with Gasteiger partial charge < -0.3 is 24.3 Å². The largest absolute Gasteiger partial charge is 0.420 e. The number of carbonyl (C=O) groups excluding carboxylic acids is 3. The summed E-state index contributed by atoms with van der Waals surface area (Å²) >= 11 is 0. The lowest BCUT2D eigenvalue weighted by Crippen LogP contribution is -2.57. The minimum atomic E-state index is -0.932. The Morgan fingerprint density at radius 3 is 2.54 bits per heavy atom. The Hall–Kier alpha value is -4.46. The first-order chi connectivity index (χ1) is 25.2. The molecule has 1 saturated heterocycles. The molecule has 0 spiro atoms. The Balaban J connectivity index is 1.15. The lowest BCUT2D eigenvalue weighted by Gasteiger charge is -2.44. The molecular formula is C38H50F2N6O6. The third-order valence-electron chi connectivity index (χ3n) is 9.71. The number of hydrogen-bond donors (Lipinski definition) is 1. The molecule has 14 heteroatoms. The van der Waals surface area contributed by atoms with Crippen molar-refractivity contribution in [2.24, 2.45) is 0 Å². The summed E-state index contributed by atoms with van der Waals surface area (Å²) in [5.41, 5.74) is -0.452. The molecule has 5 rings (SSSR count). The van der Waals surface area contributed by atoms with Crippen molar-refractivity contribution >= 4 is 17.8 Å². The van der Waals surface area contributed by atoms with E-state index in [0.29, 0.717) is 25.5 Å². The van der Waals surface area contributed by atoms with Gasteiger partial charge in [0.25, 0.3) is 11.8 Å². The van der Waals surface area contributed by atoms with Crippen LogP contribution in [0.1, 0.15) is 129 Å². The third-order valence-corrected chi connectivity index (χ3v) is 9.71. The van der Waals surface area contributed by atoms with E-state index in [-0.39, 0.29) is 42.4 Å². The molecule has 1 N–H and O–H groups in total. The lowest BCUT2D eigenvalue weighted by molar-refractivity contribution is -0.134.